The molecule has 1 unspecified atom stereocenters. The van der Waals surface area contributed by atoms with Crippen molar-refractivity contribution in [2.45, 2.75) is 25.3 Å². The lowest BCUT2D eigenvalue weighted by Crippen LogP contribution is -2.37. The van der Waals surface area contributed by atoms with Crippen LogP contribution in [0.2, 0.25) is 0 Å². The summed E-state index contributed by atoms with van der Waals surface area (Å²) in [5, 5.41) is 11.3. The van der Waals surface area contributed by atoms with Crippen LogP contribution >= 0.6 is 0 Å². The lowest BCUT2D eigenvalue weighted by atomic mass is 10.2. The van der Waals surface area contributed by atoms with Crippen molar-refractivity contribution in [2.75, 3.05) is 13.6 Å². The number of likely N-dealkylation sites (tertiary alicyclic amines) is 1. The van der Waals surface area contributed by atoms with Crippen molar-refractivity contribution in [3.05, 3.63) is 0 Å². The summed E-state index contributed by atoms with van der Waals surface area (Å²) in [6, 6.07) is -0.476. The molecule has 0 aromatic rings. The van der Waals surface area contributed by atoms with E-state index in [0.29, 0.717) is 13.0 Å². The summed E-state index contributed by atoms with van der Waals surface area (Å²) in [5.74, 6) is -1.30. The molecule has 6 nitrogen and oxygen atoms in total. The van der Waals surface area contributed by atoms with Gasteiger partial charge in [0.1, 0.15) is 0 Å². The number of hydrogen-bond acceptors (Lipinski definition) is 4. The highest BCUT2D eigenvalue weighted by atomic mass is 16.4. The highest BCUT2D eigenvalue weighted by molar-refractivity contribution is 6.05. The van der Waals surface area contributed by atoms with Crippen LogP contribution in [0.1, 0.15) is 19.3 Å². The molecular weight excluding hydrogens is 200 g/mol. The number of aliphatic carboxylic acids is 1. The first-order chi connectivity index (χ1) is 7.02. The van der Waals surface area contributed by atoms with Gasteiger partial charge in [-0.1, -0.05) is 0 Å². The molecule has 6 heteroatoms. The van der Waals surface area contributed by atoms with Gasteiger partial charge in [0, 0.05) is 13.5 Å². The highest BCUT2D eigenvalue weighted by Gasteiger charge is 2.35. The Labute approximate surface area is 87.2 Å². The third-order valence-electron chi connectivity index (χ3n) is 2.34. The maximum atomic E-state index is 11.4. The van der Waals surface area contributed by atoms with Crippen molar-refractivity contribution < 1.29 is 19.5 Å². The van der Waals surface area contributed by atoms with Gasteiger partial charge < -0.3 is 10.4 Å². The summed E-state index contributed by atoms with van der Waals surface area (Å²) in [5.41, 5.74) is 0. The van der Waals surface area contributed by atoms with E-state index in [2.05, 4.69) is 5.32 Å². The number of imide groups is 1. The van der Waals surface area contributed by atoms with E-state index in [1.54, 1.807) is 0 Å². The number of carbonyl (C=O) groups is 3. The Kier molecular flexibility index (Phi) is 3.79. The van der Waals surface area contributed by atoms with Crippen molar-refractivity contribution in [1.82, 2.24) is 10.2 Å². The number of rotatable bonds is 5. The Hall–Kier alpha value is -1.43. The lowest BCUT2D eigenvalue weighted by Gasteiger charge is -2.09. The van der Waals surface area contributed by atoms with Crippen LogP contribution in [0.5, 0.6) is 0 Å². The normalized spacial score (nSPS) is 21.1. The number of likely N-dealkylation sites (N-methyl/N-ethyl adjacent to an activating group) is 1. The minimum absolute atomic E-state index is 0.0672. The number of carboxylic acids is 1. The van der Waals surface area contributed by atoms with Gasteiger partial charge >= 0.3 is 5.97 Å². The maximum Gasteiger partial charge on any atom is 0.303 e. The third-order valence-corrected chi connectivity index (χ3v) is 2.34. The number of carbonyl (C=O) groups excluding carboxylic acids is 2. The summed E-state index contributed by atoms with van der Waals surface area (Å²) in [6.07, 6.45) is 0.692. The summed E-state index contributed by atoms with van der Waals surface area (Å²) in [4.78, 5) is 33.8. The van der Waals surface area contributed by atoms with E-state index in [9.17, 15) is 14.4 Å². The van der Waals surface area contributed by atoms with E-state index in [1.807, 2.05) is 0 Å². The van der Waals surface area contributed by atoms with E-state index < -0.39 is 12.0 Å². The standard InChI is InChI=1S/C9H14N2O4/c1-11-7(12)5-6(9(11)15)10-4-2-3-8(13)14/h6,10H,2-5H2,1H3,(H,13,14). The first-order valence-corrected chi connectivity index (χ1v) is 4.78. The van der Waals surface area contributed by atoms with E-state index in [4.69, 9.17) is 5.11 Å². The zero-order valence-corrected chi connectivity index (χ0v) is 8.52. The molecule has 1 atom stereocenters. The van der Waals surface area contributed by atoms with Gasteiger partial charge in [-0.05, 0) is 13.0 Å². The fourth-order valence-electron chi connectivity index (χ4n) is 1.43. The summed E-state index contributed by atoms with van der Waals surface area (Å²) in [7, 11) is 1.45. The number of amides is 2. The molecule has 1 rings (SSSR count). The van der Waals surface area contributed by atoms with Crippen molar-refractivity contribution in [2.24, 2.45) is 0 Å². The average Bonchev–Trinajstić information content (AvgIpc) is 2.41. The van der Waals surface area contributed by atoms with Gasteiger partial charge in [0.25, 0.3) is 0 Å². The molecule has 1 fully saturated rings. The summed E-state index contributed by atoms with van der Waals surface area (Å²) < 4.78 is 0. The Morgan fingerprint density at radius 2 is 2.27 bits per heavy atom. The predicted molar refractivity (Wildman–Crippen MR) is 51.1 cm³/mol. The third kappa shape index (κ3) is 3.02. The molecule has 15 heavy (non-hydrogen) atoms. The molecule has 1 saturated heterocycles. The summed E-state index contributed by atoms with van der Waals surface area (Å²) in [6.45, 7) is 0.434. The van der Waals surface area contributed by atoms with Gasteiger partial charge in [-0.25, -0.2) is 0 Å². The second-order valence-corrected chi connectivity index (χ2v) is 3.50. The van der Waals surface area contributed by atoms with E-state index >= 15 is 0 Å². The first-order valence-electron chi connectivity index (χ1n) is 4.78. The zero-order chi connectivity index (χ0) is 11.4. The number of nitrogens with one attached hydrogen (secondary N) is 1. The van der Waals surface area contributed by atoms with Crippen LogP contribution in [-0.2, 0) is 14.4 Å². The average molecular weight is 214 g/mol. The molecular formula is C9H14N2O4. The Morgan fingerprint density at radius 1 is 1.60 bits per heavy atom. The molecule has 0 saturated carbocycles. The minimum atomic E-state index is -0.859. The van der Waals surface area contributed by atoms with Gasteiger partial charge in [0.05, 0.1) is 12.5 Å². The van der Waals surface area contributed by atoms with Gasteiger partial charge in [-0.15, -0.1) is 0 Å². The van der Waals surface area contributed by atoms with Crippen LogP contribution in [0, 0.1) is 0 Å². The number of carboxylic acid groups (broad SMARTS) is 1. The van der Waals surface area contributed by atoms with Crippen molar-refractivity contribution in [1.29, 1.82) is 0 Å². The molecule has 0 aromatic carbocycles. The fourth-order valence-corrected chi connectivity index (χ4v) is 1.43. The minimum Gasteiger partial charge on any atom is -0.481 e. The van der Waals surface area contributed by atoms with Gasteiger partial charge in [-0.2, -0.15) is 0 Å². The number of nitrogens with zero attached hydrogens (tertiary/aromatic N) is 1. The van der Waals surface area contributed by atoms with Crippen LogP contribution in [-0.4, -0.2) is 47.4 Å². The van der Waals surface area contributed by atoms with E-state index in [1.165, 1.54) is 7.05 Å². The molecule has 1 aliphatic heterocycles. The molecule has 1 heterocycles. The van der Waals surface area contributed by atoms with Crippen molar-refractivity contribution in [3.8, 4) is 0 Å². The quantitative estimate of drug-likeness (QED) is 0.462. The zero-order valence-electron chi connectivity index (χ0n) is 8.52. The van der Waals surface area contributed by atoms with Crippen LogP contribution in [0.25, 0.3) is 0 Å². The molecule has 2 N–H and O–H groups in total. The SMILES string of the molecule is CN1C(=O)CC(NCCCC(=O)O)C1=O. The smallest absolute Gasteiger partial charge is 0.303 e. The molecule has 0 aromatic heterocycles. The Balaban J connectivity index is 2.26. The van der Waals surface area contributed by atoms with Crippen LogP contribution in [0.4, 0.5) is 0 Å². The molecule has 0 bridgehead atoms. The Morgan fingerprint density at radius 3 is 2.73 bits per heavy atom. The topological polar surface area (TPSA) is 86.7 Å². The second kappa shape index (κ2) is 4.88. The summed E-state index contributed by atoms with van der Waals surface area (Å²) >= 11 is 0. The first kappa shape index (κ1) is 11.6. The second-order valence-electron chi connectivity index (χ2n) is 3.50. The van der Waals surface area contributed by atoms with Crippen molar-refractivity contribution >= 4 is 17.8 Å². The molecule has 84 valence electrons. The van der Waals surface area contributed by atoms with Gasteiger partial charge in [0.15, 0.2) is 0 Å². The molecule has 0 spiro atoms. The monoisotopic (exact) mass is 214 g/mol. The predicted octanol–water partition coefficient (Wildman–Crippen LogP) is -0.802. The lowest BCUT2D eigenvalue weighted by molar-refractivity contribution is -0.138. The van der Waals surface area contributed by atoms with E-state index in [0.717, 1.165) is 4.90 Å². The molecule has 0 aliphatic carbocycles. The fraction of sp³-hybridized carbons (Fsp3) is 0.667. The maximum absolute atomic E-state index is 11.4. The number of hydrogen-bond donors (Lipinski definition) is 2. The largest absolute Gasteiger partial charge is 0.481 e. The van der Waals surface area contributed by atoms with Crippen LogP contribution in [0.15, 0.2) is 0 Å². The van der Waals surface area contributed by atoms with Gasteiger partial charge in [-0.3, -0.25) is 19.3 Å². The Bertz CT molecular complexity index is 290. The molecule has 0 radical (unpaired) electrons. The molecule has 2 amide bonds. The van der Waals surface area contributed by atoms with Crippen LogP contribution in [0.3, 0.4) is 0 Å². The van der Waals surface area contributed by atoms with Crippen molar-refractivity contribution in [3.63, 3.8) is 0 Å². The highest BCUT2D eigenvalue weighted by Crippen LogP contribution is 2.10. The molecule has 1 aliphatic rings. The van der Waals surface area contributed by atoms with Crippen LogP contribution < -0.4 is 5.32 Å². The van der Waals surface area contributed by atoms with Gasteiger partial charge in [0.2, 0.25) is 11.8 Å². The van der Waals surface area contributed by atoms with E-state index in [-0.39, 0.29) is 24.7 Å².